The minimum atomic E-state index is -4.59. The average Bonchev–Trinajstić information content (AvgIpc) is 2.41. The normalized spacial score (nSPS) is 11.6. The van der Waals surface area contributed by atoms with Gasteiger partial charge in [0, 0.05) is 11.9 Å². The molecule has 0 bridgehead atoms. The summed E-state index contributed by atoms with van der Waals surface area (Å²) in [6.07, 6.45) is -4.59. The van der Waals surface area contributed by atoms with E-state index >= 15 is 0 Å². The number of carbonyl (C=O) groups excluding carboxylic acids is 1. The van der Waals surface area contributed by atoms with Crippen LogP contribution in [0.4, 0.5) is 13.2 Å². The van der Waals surface area contributed by atoms with E-state index in [4.69, 9.17) is 0 Å². The zero-order valence-corrected chi connectivity index (χ0v) is 11.2. The monoisotopic (exact) mass is 298 g/mol. The second kappa shape index (κ2) is 5.59. The van der Waals surface area contributed by atoms with Gasteiger partial charge in [0.2, 0.25) is 0 Å². The summed E-state index contributed by atoms with van der Waals surface area (Å²) in [4.78, 5) is 24.1. The summed E-state index contributed by atoms with van der Waals surface area (Å²) in [5.74, 6) is -0.704. The van der Waals surface area contributed by atoms with E-state index in [1.54, 1.807) is 25.1 Å². The lowest BCUT2D eigenvalue weighted by Crippen LogP contribution is -2.35. The van der Waals surface area contributed by atoms with Crippen molar-refractivity contribution in [3.63, 3.8) is 0 Å². The molecule has 0 saturated heterocycles. The summed E-state index contributed by atoms with van der Waals surface area (Å²) in [5.41, 5.74) is -1.12. The minimum Gasteiger partial charge on any atom is -0.351 e. The highest BCUT2D eigenvalue weighted by Crippen LogP contribution is 2.19. The molecule has 2 aromatic rings. The van der Waals surface area contributed by atoms with Gasteiger partial charge in [-0.25, -0.2) is 0 Å². The summed E-state index contributed by atoms with van der Waals surface area (Å²) in [5, 5.41) is 2.99. The highest BCUT2D eigenvalue weighted by atomic mass is 19.4. The van der Waals surface area contributed by atoms with Gasteiger partial charge in [0.1, 0.15) is 12.2 Å². The number of rotatable bonds is 3. The van der Waals surface area contributed by atoms with Gasteiger partial charge in [-0.05, 0) is 24.4 Å². The quantitative estimate of drug-likeness (QED) is 0.945. The summed E-state index contributed by atoms with van der Waals surface area (Å²) in [7, 11) is 0. The van der Waals surface area contributed by atoms with Gasteiger partial charge in [-0.3, -0.25) is 14.2 Å². The van der Waals surface area contributed by atoms with Gasteiger partial charge < -0.3 is 5.32 Å². The Kier molecular flexibility index (Phi) is 4.02. The molecular weight excluding hydrogens is 285 g/mol. The molecule has 0 spiro atoms. The summed E-state index contributed by atoms with van der Waals surface area (Å²) in [6.45, 7) is 0.403. The van der Waals surface area contributed by atoms with Crippen LogP contribution in [-0.2, 0) is 6.54 Å². The number of nitrogens with one attached hydrogen (secondary N) is 1. The van der Waals surface area contributed by atoms with Crippen molar-refractivity contribution in [2.75, 3.05) is 6.54 Å². The van der Waals surface area contributed by atoms with Gasteiger partial charge in [-0.2, -0.15) is 13.2 Å². The van der Waals surface area contributed by atoms with Crippen LogP contribution in [0.5, 0.6) is 0 Å². The van der Waals surface area contributed by atoms with Crippen LogP contribution in [-0.4, -0.2) is 23.2 Å². The van der Waals surface area contributed by atoms with Crippen LogP contribution in [0, 0.1) is 0 Å². The van der Waals surface area contributed by atoms with Crippen LogP contribution in [0.25, 0.3) is 10.8 Å². The van der Waals surface area contributed by atoms with E-state index in [9.17, 15) is 22.8 Å². The van der Waals surface area contributed by atoms with E-state index < -0.39 is 24.2 Å². The maximum absolute atomic E-state index is 12.7. The van der Waals surface area contributed by atoms with Crippen molar-refractivity contribution in [1.29, 1.82) is 0 Å². The maximum Gasteiger partial charge on any atom is 0.406 e. The van der Waals surface area contributed by atoms with Crippen LogP contribution >= 0.6 is 0 Å². The zero-order valence-electron chi connectivity index (χ0n) is 11.2. The van der Waals surface area contributed by atoms with Gasteiger partial charge in [0.05, 0.1) is 0 Å². The van der Waals surface area contributed by atoms with Gasteiger partial charge in [0.15, 0.2) is 0 Å². The Morgan fingerprint density at radius 1 is 1.29 bits per heavy atom. The highest BCUT2D eigenvalue weighted by Gasteiger charge is 2.31. The number of hydrogen-bond donors (Lipinski definition) is 1. The smallest absolute Gasteiger partial charge is 0.351 e. The Morgan fingerprint density at radius 2 is 1.95 bits per heavy atom. The maximum atomic E-state index is 12.7. The second-order valence-electron chi connectivity index (χ2n) is 4.48. The molecular formula is C14H13F3N2O2. The molecule has 1 N–H and O–H groups in total. The lowest BCUT2D eigenvalue weighted by Gasteiger charge is -2.15. The standard InChI is InChI=1S/C14H13F3N2O2/c1-2-18-12(20)11-7-9-5-3-4-6-10(9)13(21)19(11)8-14(15,16)17/h3-7H,2,8H2,1H3,(H,18,20). The van der Waals surface area contributed by atoms with Crippen molar-refractivity contribution in [3.8, 4) is 0 Å². The Labute approximate surface area is 118 Å². The van der Waals surface area contributed by atoms with Crippen molar-refractivity contribution in [2.24, 2.45) is 0 Å². The van der Waals surface area contributed by atoms with E-state index in [1.165, 1.54) is 12.1 Å². The number of benzene rings is 1. The number of nitrogens with zero attached hydrogens (tertiary/aromatic N) is 1. The number of alkyl halides is 3. The highest BCUT2D eigenvalue weighted by molar-refractivity contribution is 5.96. The van der Waals surface area contributed by atoms with E-state index in [2.05, 4.69) is 5.32 Å². The van der Waals surface area contributed by atoms with Gasteiger partial charge in [-0.15, -0.1) is 0 Å². The third kappa shape index (κ3) is 3.24. The van der Waals surface area contributed by atoms with E-state index in [0.29, 0.717) is 9.95 Å². The second-order valence-corrected chi connectivity index (χ2v) is 4.48. The van der Waals surface area contributed by atoms with Crippen LogP contribution in [0.1, 0.15) is 17.4 Å². The molecule has 21 heavy (non-hydrogen) atoms. The van der Waals surface area contributed by atoms with Crippen molar-refractivity contribution >= 4 is 16.7 Å². The topological polar surface area (TPSA) is 51.1 Å². The number of aromatic nitrogens is 1. The number of hydrogen-bond acceptors (Lipinski definition) is 2. The molecule has 0 saturated carbocycles. The molecule has 4 nitrogen and oxygen atoms in total. The Hall–Kier alpha value is -2.31. The van der Waals surface area contributed by atoms with Crippen LogP contribution in [0.15, 0.2) is 35.1 Å². The third-order valence-corrected chi connectivity index (χ3v) is 2.93. The van der Waals surface area contributed by atoms with E-state index in [0.717, 1.165) is 0 Å². The van der Waals surface area contributed by atoms with Gasteiger partial charge in [0.25, 0.3) is 11.5 Å². The van der Waals surface area contributed by atoms with Crippen LogP contribution < -0.4 is 10.9 Å². The molecule has 1 amide bonds. The van der Waals surface area contributed by atoms with Crippen LogP contribution in [0.3, 0.4) is 0 Å². The molecule has 1 aromatic heterocycles. The lowest BCUT2D eigenvalue weighted by atomic mass is 10.1. The molecule has 0 aliphatic heterocycles. The molecule has 0 atom stereocenters. The van der Waals surface area contributed by atoms with Crippen molar-refractivity contribution in [3.05, 3.63) is 46.4 Å². The van der Waals surface area contributed by atoms with Gasteiger partial charge in [-0.1, -0.05) is 18.2 Å². The number of carbonyl (C=O) groups is 1. The molecule has 0 unspecified atom stereocenters. The molecule has 112 valence electrons. The molecule has 0 radical (unpaired) electrons. The first kappa shape index (κ1) is 15.1. The molecule has 1 aromatic carbocycles. The average molecular weight is 298 g/mol. The van der Waals surface area contributed by atoms with Crippen molar-refractivity contribution in [2.45, 2.75) is 19.6 Å². The molecule has 0 aliphatic rings. The number of amides is 1. The first-order chi connectivity index (χ1) is 9.83. The molecule has 0 fully saturated rings. The molecule has 1 heterocycles. The zero-order chi connectivity index (χ0) is 15.6. The van der Waals surface area contributed by atoms with Crippen molar-refractivity contribution in [1.82, 2.24) is 9.88 Å². The lowest BCUT2D eigenvalue weighted by molar-refractivity contribution is -0.141. The van der Waals surface area contributed by atoms with E-state index in [1.807, 2.05) is 0 Å². The van der Waals surface area contributed by atoms with E-state index in [-0.39, 0.29) is 17.6 Å². The first-order valence-corrected chi connectivity index (χ1v) is 6.31. The summed E-state index contributed by atoms with van der Waals surface area (Å²) in [6, 6.07) is 7.53. The molecule has 2 rings (SSSR count). The fourth-order valence-electron chi connectivity index (χ4n) is 2.07. The minimum absolute atomic E-state index is 0.148. The first-order valence-electron chi connectivity index (χ1n) is 6.31. The predicted molar refractivity (Wildman–Crippen MR) is 72.3 cm³/mol. The number of pyridine rings is 1. The fourth-order valence-corrected chi connectivity index (χ4v) is 2.07. The Morgan fingerprint density at radius 3 is 2.57 bits per heavy atom. The predicted octanol–water partition coefficient (Wildman–Crippen LogP) is 2.31. The number of halogens is 3. The largest absolute Gasteiger partial charge is 0.406 e. The van der Waals surface area contributed by atoms with Gasteiger partial charge >= 0.3 is 6.18 Å². The molecule has 7 heteroatoms. The van der Waals surface area contributed by atoms with Crippen molar-refractivity contribution < 1.29 is 18.0 Å². The Bertz CT molecular complexity index is 735. The fraction of sp³-hybridized carbons (Fsp3) is 0.286. The summed E-state index contributed by atoms with van der Waals surface area (Å²) >= 11 is 0. The summed E-state index contributed by atoms with van der Waals surface area (Å²) < 4.78 is 38.4. The SMILES string of the molecule is CCNC(=O)c1cc2ccccc2c(=O)n1CC(F)(F)F. The Balaban J connectivity index is 2.71. The molecule has 0 aliphatic carbocycles. The van der Waals surface area contributed by atoms with Crippen LogP contribution in [0.2, 0.25) is 0 Å². The third-order valence-electron chi connectivity index (χ3n) is 2.93. The number of fused-ring (bicyclic) bond motifs is 1.